The van der Waals surface area contributed by atoms with Crippen molar-refractivity contribution in [1.82, 2.24) is 4.90 Å². The van der Waals surface area contributed by atoms with Gasteiger partial charge in [0.05, 0.1) is 18.7 Å². The smallest absolute Gasteiger partial charge is 0.415 e. The van der Waals surface area contributed by atoms with Crippen LogP contribution in [0, 0.1) is 5.82 Å². The lowest BCUT2D eigenvalue weighted by molar-refractivity contribution is -0.00119. The molecular formula is C36H41FN2O5. The summed E-state index contributed by atoms with van der Waals surface area (Å²) < 4.78 is 31.2. The van der Waals surface area contributed by atoms with Gasteiger partial charge in [0.25, 0.3) is 0 Å². The zero-order chi connectivity index (χ0) is 31.1. The Morgan fingerprint density at radius 2 is 1.70 bits per heavy atom. The number of piperidine rings is 1. The number of rotatable bonds is 8. The average Bonchev–Trinajstić information content (AvgIpc) is 3.78. The van der Waals surface area contributed by atoms with Gasteiger partial charge in [0, 0.05) is 43.7 Å². The molecule has 0 unspecified atom stereocenters. The van der Waals surface area contributed by atoms with Crippen LogP contribution in [0.25, 0.3) is 11.1 Å². The lowest BCUT2D eigenvalue weighted by atomic mass is 9.90. The number of carbonyl (C=O) groups excluding carboxylic acids is 2. The van der Waals surface area contributed by atoms with Crippen LogP contribution in [-0.4, -0.2) is 54.4 Å². The van der Waals surface area contributed by atoms with Crippen molar-refractivity contribution in [3.63, 3.8) is 0 Å². The largest absolute Gasteiger partial charge is 0.494 e. The van der Waals surface area contributed by atoms with Crippen molar-refractivity contribution < 1.29 is 28.2 Å². The topological polar surface area (TPSA) is 68.3 Å². The van der Waals surface area contributed by atoms with E-state index in [1.165, 1.54) is 30.5 Å². The van der Waals surface area contributed by atoms with E-state index in [2.05, 4.69) is 17.0 Å². The second kappa shape index (κ2) is 11.9. The first-order chi connectivity index (χ1) is 21.0. The SMILES string of the molecule is CCOc1cc(-c2ccc(F)cc2)c(C2CC2)cc1CN1CCC2(CC1)CN(c1ccc(C(=O)OC(C)(C)C)cc1)C(=O)O2. The summed E-state index contributed by atoms with van der Waals surface area (Å²) in [5, 5.41) is 0. The van der Waals surface area contributed by atoms with E-state index in [1.807, 2.05) is 39.8 Å². The van der Waals surface area contributed by atoms with Gasteiger partial charge in [-0.25, -0.2) is 14.0 Å². The summed E-state index contributed by atoms with van der Waals surface area (Å²) in [5.74, 6) is 0.762. The number of anilines is 1. The number of benzene rings is 3. The molecule has 44 heavy (non-hydrogen) atoms. The molecule has 2 aliphatic heterocycles. The van der Waals surface area contributed by atoms with Crippen LogP contribution in [-0.2, 0) is 16.0 Å². The number of hydrogen-bond acceptors (Lipinski definition) is 6. The number of halogens is 1. The number of ether oxygens (including phenoxy) is 3. The zero-order valence-corrected chi connectivity index (χ0v) is 26.0. The van der Waals surface area contributed by atoms with Gasteiger partial charge < -0.3 is 14.2 Å². The highest BCUT2D eigenvalue weighted by Gasteiger charge is 2.47. The Bertz CT molecular complexity index is 1520. The second-order valence-corrected chi connectivity index (χ2v) is 13.2. The minimum Gasteiger partial charge on any atom is -0.494 e. The van der Waals surface area contributed by atoms with Gasteiger partial charge in [-0.2, -0.15) is 0 Å². The number of hydrogen-bond donors (Lipinski definition) is 0. The Balaban J connectivity index is 1.13. The highest BCUT2D eigenvalue weighted by Crippen LogP contribution is 2.47. The second-order valence-electron chi connectivity index (χ2n) is 13.2. The van der Waals surface area contributed by atoms with Gasteiger partial charge in [0.2, 0.25) is 0 Å². The Morgan fingerprint density at radius 1 is 1.02 bits per heavy atom. The van der Waals surface area contributed by atoms with Crippen LogP contribution in [0.4, 0.5) is 14.9 Å². The summed E-state index contributed by atoms with van der Waals surface area (Å²) in [4.78, 5) is 29.5. The fraction of sp³-hybridized carbons (Fsp3) is 0.444. The number of carbonyl (C=O) groups is 2. The predicted octanol–water partition coefficient (Wildman–Crippen LogP) is 7.72. The molecule has 3 aromatic carbocycles. The highest BCUT2D eigenvalue weighted by molar-refractivity contribution is 5.93. The Labute approximate surface area is 258 Å². The molecule has 2 heterocycles. The lowest BCUT2D eigenvalue weighted by Gasteiger charge is -2.37. The molecule has 3 aliphatic rings. The average molecular weight is 601 g/mol. The van der Waals surface area contributed by atoms with E-state index in [1.54, 1.807) is 29.2 Å². The summed E-state index contributed by atoms with van der Waals surface area (Å²) >= 11 is 0. The third kappa shape index (κ3) is 6.60. The summed E-state index contributed by atoms with van der Waals surface area (Å²) in [6, 6.07) is 18.1. The van der Waals surface area contributed by atoms with E-state index in [4.69, 9.17) is 14.2 Å². The molecule has 6 rings (SSSR count). The molecule has 1 spiro atoms. The maximum atomic E-state index is 13.6. The normalized spacial score (nSPS) is 18.4. The van der Waals surface area contributed by atoms with Crippen molar-refractivity contribution in [3.8, 4) is 16.9 Å². The molecule has 8 heteroatoms. The van der Waals surface area contributed by atoms with Crippen LogP contribution < -0.4 is 9.64 Å². The van der Waals surface area contributed by atoms with Gasteiger partial charge in [-0.15, -0.1) is 0 Å². The van der Waals surface area contributed by atoms with Gasteiger partial charge >= 0.3 is 12.1 Å². The van der Waals surface area contributed by atoms with Gasteiger partial charge in [0.15, 0.2) is 0 Å². The zero-order valence-electron chi connectivity index (χ0n) is 26.0. The Hall–Kier alpha value is -3.91. The van der Waals surface area contributed by atoms with E-state index >= 15 is 0 Å². The fourth-order valence-electron chi connectivity index (χ4n) is 6.22. The molecule has 0 atom stereocenters. The molecule has 0 N–H and O–H groups in total. The number of nitrogens with zero attached hydrogens (tertiary/aromatic N) is 2. The monoisotopic (exact) mass is 600 g/mol. The van der Waals surface area contributed by atoms with E-state index in [9.17, 15) is 14.0 Å². The fourth-order valence-corrected chi connectivity index (χ4v) is 6.22. The molecule has 7 nitrogen and oxygen atoms in total. The molecule has 1 aliphatic carbocycles. The maximum absolute atomic E-state index is 13.6. The minimum absolute atomic E-state index is 0.238. The highest BCUT2D eigenvalue weighted by atomic mass is 19.1. The van der Waals surface area contributed by atoms with Crippen LogP contribution >= 0.6 is 0 Å². The van der Waals surface area contributed by atoms with E-state index < -0.39 is 17.2 Å². The summed E-state index contributed by atoms with van der Waals surface area (Å²) in [5.41, 5.74) is 4.63. The van der Waals surface area contributed by atoms with Crippen LogP contribution in [0.2, 0.25) is 0 Å². The first-order valence-corrected chi connectivity index (χ1v) is 15.6. The van der Waals surface area contributed by atoms with Gasteiger partial charge in [0.1, 0.15) is 22.8 Å². The van der Waals surface area contributed by atoms with Gasteiger partial charge in [-0.1, -0.05) is 12.1 Å². The summed E-state index contributed by atoms with van der Waals surface area (Å²) in [6.45, 7) is 10.9. The number of esters is 1. The molecule has 0 bridgehead atoms. The molecule has 2 saturated heterocycles. The Kier molecular flexibility index (Phi) is 8.14. The maximum Gasteiger partial charge on any atom is 0.415 e. The Morgan fingerprint density at radius 3 is 2.32 bits per heavy atom. The van der Waals surface area contributed by atoms with Gasteiger partial charge in [-0.3, -0.25) is 9.80 Å². The van der Waals surface area contributed by atoms with Gasteiger partial charge in [-0.05, 0) is 112 Å². The van der Waals surface area contributed by atoms with Crippen LogP contribution in [0.3, 0.4) is 0 Å². The first kappa shape index (κ1) is 30.1. The molecule has 232 valence electrons. The molecule has 0 radical (unpaired) electrons. The van der Waals surface area contributed by atoms with Crippen LogP contribution in [0.15, 0.2) is 60.7 Å². The van der Waals surface area contributed by atoms with E-state index in [0.717, 1.165) is 54.9 Å². The molecular weight excluding hydrogens is 559 g/mol. The van der Waals surface area contributed by atoms with E-state index in [0.29, 0.717) is 30.3 Å². The third-order valence-corrected chi connectivity index (χ3v) is 8.65. The molecule has 1 amide bonds. The van der Waals surface area contributed by atoms with Crippen molar-refractivity contribution in [2.45, 2.75) is 77.0 Å². The van der Waals surface area contributed by atoms with Crippen molar-refractivity contribution in [1.29, 1.82) is 0 Å². The third-order valence-electron chi connectivity index (χ3n) is 8.65. The molecule has 1 saturated carbocycles. The summed E-state index contributed by atoms with van der Waals surface area (Å²) in [6.07, 6.45) is 3.45. The lowest BCUT2D eigenvalue weighted by Crippen LogP contribution is -2.46. The first-order valence-electron chi connectivity index (χ1n) is 15.6. The van der Waals surface area contributed by atoms with E-state index in [-0.39, 0.29) is 11.9 Å². The molecule has 3 fully saturated rings. The molecule has 0 aromatic heterocycles. The molecule has 3 aromatic rings. The number of amides is 1. The van der Waals surface area contributed by atoms with Crippen LogP contribution in [0.5, 0.6) is 5.75 Å². The van der Waals surface area contributed by atoms with Crippen molar-refractivity contribution in [2.24, 2.45) is 0 Å². The minimum atomic E-state index is -0.576. The van der Waals surface area contributed by atoms with Crippen molar-refractivity contribution in [2.75, 3.05) is 31.1 Å². The standard InChI is InChI=1S/C36H41FN2O5/c1-5-42-32-21-31(25-8-12-28(37)13-9-25)30(24-6-7-24)20-27(32)22-38-18-16-36(17-19-38)23-39(34(41)44-36)29-14-10-26(11-15-29)33(40)43-35(2,3)4/h8-15,20-21,24H,5-7,16-19,22-23H2,1-4H3. The number of likely N-dealkylation sites (tertiary alicyclic amines) is 1. The quantitative estimate of drug-likeness (QED) is 0.247. The van der Waals surface area contributed by atoms with Crippen LogP contribution in [0.1, 0.15) is 80.8 Å². The van der Waals surface area contributed by atoms with Crippen molar-refractivity contribution in [3.05, 3.63) is 83.2 Å². The van der Waals surface area contributed by atoms with Crippen molar-refractivity contribution >= 4 is 17.7 Å². The summed E-state index contributed by atoms with van der Waals surface area (Å²) in [7, 11) is 0. The predicted molar refractivity (Wildman–Crippen MR) is 168 cm³/mol.